The molecule has 1 fully saturated rings. The number of nitrogens with zero attached hydrogens (tertiary/aromatic N) is 1. The normalized spacial score (nSPS) is 18.9. The maximum absolute atomic E-state index is 13.8. The summed E-state index contributed by atoms with van der Waals surface area (Å²) < 4.78 is 13.8. The van der Waals surface area contributed by atoms with Crippen LogP contribution in [0.25, 0.3) is 0 Å². The van der Waals surface area contributed by atoms with Crippen molar-refractivity contribution >= 4 is 11.6 Å². The van der Waals surface area contributed by atoms with Crippen LogP contribution in [0.1, 0.15) is 11.6 Å². The second-order valence-corrected chi connectivity index (χ2v) is 4.57. The summed E-state index contributed by atoms with van der Waals surface area (Å²) in [5.41, 5.74) is 0.606. The lowest BCUT2D eigenvalue weighted by molar-refractivity contribution is 0.200. The molecule has 2 nitrogen and oxygen atoms in total. The topological polar surface area (TPSA) is 15.3 Å². The molecule has 1 N–H and O–H groups in total. The molecule has 0 bridgehead atoms. The third-order valence-corrected chi connectivity index (χ3v) is 3.28. The first kappa shape index (κ1) is 12.6. The van der Waals surface area contributed by atoms with E-state index in [2.05, 4.69) is 16.8 Å². The van der Waals surface area contributed by atoms with Crippen LogP contribution in [-0.2, 0) is 0 Å². The molecule has 0 spiro atoms. The second kappa shape index (κ2) is 5.63. The number of hydrogen-bond acceptors (Lipinski definition) is 2. The number of halogens is 2. The van der Waals surface area contributed by atoms with Gasteiger partial charge in [0.15, 0.2) is 0 Å². The Morgan fingerprint density at radius 2 is 2.12 bits per heavy atom. The lowest BCUT2D eigenvalue weighted by Crippen LogP contribution is -2.44. The molecule has 1 saturated heterocycles. The second-order valence-electron chi connectivity index (χ2n) is 4.13. The molecule has 0 aromatic heterocycles. The molecule has 92 valence electrons. The molecule has 1 aliphatic heterocycles. The molecule has 1 aromatic rings. The largest absolute Gasteiger partial charge is 0.314 e. The molecular weight excluding hydrogens is 239 g/mol. The standard InChI is InChI=1S/C13H16ClFN2/c1-2-13(17-7-5-16-6-8-17)11-9-10(14)3-4-12(11)15/h2-4,9,13,16H,1,5-8H2/t13-/m1/s1. The summed E-state index contributed by atoms with van der Waals surface area (Å²) in [6.07, 6.45) is 1.78. The summed E-state index contributed by atoms with van der Waals surface area (Å²) in [5.74, 6) is -0.224. The van der Waals surface area contributed by atoms with Gasteiger partial charge < -0.3 is 5.32 Å². The molecule has 2 rings (SSSR count). The fourth-order valence-electron chi connectivity index (χ4n) is 2.17. The van der Waals surface area contributed by atoms with E-state index in [1.807, 2.05) is 0 Å². The Morgan fingerprint density at radius 1 is 1.41 bits per heavy atom. The van der Waals surface area contributed by atoms with Crippen LogP contribution in [0.15, 0.2) is 30.9 Å². The Bertz CT molecular complexity index is 402. The van der Waals surface area contributed by atoms with Crippen LogP contribution in [0.2, 0.25) is 5.02 Å². The highest BCUT2D eigenvalue weighted by Gasteiger charge is 2.22. The van der Waals surface area contributed by atoms with E-state index in [9.17, 15) is 4.39 Å². The van der Waals surface area contributed by atoms with E-state index in [1.54, 1.807) is 18.2 Å². The van der Waals surface area contributed by atoms with E-state index in [0.717, 1.165) is 26.2 Å². The summed E-state index contributed by atoms with van der Waals surface area (Å²) >= 11 is 5.92. The van der Waals surface area contributed by atoms with Crippen molar-refractivity contribution in [3.8, 4) is 0 Å². The van der Waals surface area contributed by atoms with Gasteiger partial charge in [-0.2, -0.15) is 0 Å². The third kappa shape index (κ3) is 2.86. The highest BCUT2D eigenvalue weighted by molar-refractivity contribution is 6.30. The Labute approximate surface area is 106 Å². The highest BCUT2D eigenvalue weighted by atomic mass is 35.5. The molecule has 0 radical (unpaired) electrons. The van der Waals surface area contributed by atoms with Crippen LogP contribution in [0, 0.1) is 5.82 Å². The summed E-state index contributed by atoms with van der Waals surface area (Å²) in [6, 6.07) is 4.57. The van der Waals surface area contributed by atoms with Crippen LogP contribution < -0.4 is 5.32 Å². The monoisotopic (exact) mass is 254 g/mol. The minimum Gasteiger partial charge on any atom is -0.314 e. The summed E-state index contributed by atoms with van der Waals surface area (Å²) in [4.78, 5) is 2.21. The molecule has 4 heteroatoms. The number of hydrogen-bond donors (Lipinski definition) is 1. The molecule has 0 saturated carbocycles. The van der Waals surface area contributed by atoms with Gasteiger partial charge in [0.05, 0.1) is 6.04 Å². The quantitative estimate of drug-likeness (QED) is 0.835. The Hall–Kier alpha value is -0.900. The molecule has 0 amide bonds. The molecular formula is C13H16ClFN2. The van der Waals surface area contributed by atoms with E-state index in [1.165, 1.54) is 6.07 Å². The van der Waals surface area contributed by atoms with Crippen molar-refractivity contribution in [3.63, 3.8) is 0 Å². The average molecular weight is 255 g/mol. The first-order valence-corrected chi connectivity index (χ1v) is 6.12. The van der Waals surface area contributed by atoms with E-state index in [0.29, 0.717) is 10.6 Å². The van der Waals surface area contributed by atoms with Crippen LogP contribution in [0.4, 0.5) is 4.39 Å². The minimum absolute atomic E-state index is 0.101. The fourth-order valence-corrected chi connectivity index (χ4v) is 2.35. The van der Waals surface area contributed by atoms with Crippen LogP contribution >= 0.6 is 11.6 Å². The van der Waals surface area contributed by atoms with Gasteiger partial charge in [0.25, 0.3) is 0 Å². The van der Waals surface area contributed by atoms with Gasteiger partial charge >= 0.3 is 0 Å². The first-order valence-electron chi connectivity index (χ1n) is 5.74. The number of rotatable bonds is 3. The SMILES string of the molecule is C=C[C@H](c1cc(Cl)ccc1F)N1CCNCC1. The lowest BCUT2D eigenvalue weighted by Gasteiger charge is -2.33. The average Bonchev–Trinajstić information content (AvgIpc) is 2.36. The van der Waals surface area contributed by atoms with Gasteiger partial charge in [-0.1, -0.05) is 17.7 Å². The summed E-state index contributed by atoms with van der Waals surface area (Å²) in [6.45, 7) is 7.44. The summed E-state index contributed by atoms with van der Waals surface area (Å²) in [5, 5.41) is 3.83. The lowest BCUT2D eigenvalue weighted by atomic mass is 10.0. The Kier molecular flexibility index (Phi) is 4.15. The van der Waals surface area contributed by atoms with Gasteiger partial charge in [0, 0.05) is 36.8 Å². The zero-order valence-corrected chi connectivity index (χ0v) is 10.4. The molecule has 0 aliphatic carbocycles. The predicted octanol–water partition coefficient (Wildman–Crippen LogP) is 2.61. The van der Waals surface area contributed by atoms with Crippen molar-refractivity contribution in [1.82, 2.24) is 10.2 Å². The van der Waals surface area contributed by atoms with Crippen molar-refractivity contribution in [2.45, 2.75) is 6.04 Å². The van der Waals surface area contributed by atoms with Gasteiger partial charge in [-0.25, -0.2) is 4.39 Å². The van der Waals surface area contributed by atoms with E-state index < -0.39 is 0 Å². The van der Waals surface area contributed by atoms with Gasteiger partial charge in [0.1, 0.15) is 5.82 Å². The first-order chi connectivity index (χ1) is 8.22. The van der Waals surface area contributed by atoms with E-state index in [-0.39, 0.29) is 11.9 Å². The van der Waals surface area contributed by atoms with E-state index >= 15 is 0 Å². The van der Waals surface area contributed by atoms with Crippen LogP contribution in [0.5, 0.6) is 0 Å². The molecule has 17 heavy (non-hydrogen) atoms. The number of benzene rings is 1. The van der Waals surface area contributed by atoms with Crippen LogP contribution in [-0.4, -0.2) is 31.1 Å². The fraction of sp³-hybridized carbons (Fsp3) is 0.385. The van der Waals surface area contributed by atoms with E-state index in [4.69, 9.17) is 11.6 Å². The molecule has 1 aromatic carbocycles. The number of piperazine rings is 1. The third-order valence-electron chi connectivity index (χ3n) is 3.04. The van der Waals surface area contributed by atoms with Crippen LogP contribution in [0.3, 0.4) is 0 Å². The van der Waals surface area contributed by atoms with Crippen molar-refractivity contribution in [2.24, 2.45) is 0 Å². The smallest absolute Gasteiger partial charge is 0.128 e. The van der Waals surface area contributed by atoms with Gasteiger partial charge in [-0.05, 0) is 18.2 Å². The number of nitrogens with one attached hydrogen (secondary N) is 1. The zero-order chi connectivity index (χ0) is 12.3. The molecule has 0 unspecified atom stereocenters. The Morgan fingerprint density at radius 3 is 2.76 bits per heavy atom. The summed E-state index contributed by atoms with van der Waals surface area (Å²) in [7, 11) is 0. The minimum atomic E-state index is -0.224. The maximum atomic E-state index is 13.8. The Balaban J connectivity index is 2.27. The molecule has 1 atom stereocenters. The zero-order valence-electron chi connectivity index (χ0n) is 9.63. The van der Waals surface area contributed by atoms with Gasteiger partial charge in [-0.3, -0.25) is 4.90 Å². The van der Waals surface area contributed by atoms with Crippen molar-refractivity contribution < 1.29 is 4.39 Å². The van der Waals surface area contributed by atoms with Gasteiger partial charge in [-0.15, -0.1) is 6.58 Å². The van der Waals surface area contributed by atoms with Crippen molar-refractivity contribution in [3.05, 3.63) is 47.3 Å². The maximum Gasteiger partial charge on any atom is 0.128 e. The van der Waals surface area contributed by atoms with Crippen molar-refractivity contribution in [2.75, 3.05) is 26.2 Å². The van der Waals surface area contributed by atoms with Crippen molar-refractivity contribution in [1.29, 1.82) is 0 Å². The predicted molar refractivity (Wildman–Crippen MR) is 68.8 cm³/mol. The highest BCUT2D eigenvalue weighted by Crippen LogP contribution is 2.27. The van der Waals surface area contributed by atoms with Gasteiger partial charge in [0.2, 0.25) is 0 Å². The molecule has 1 heterocycles. The molecule has 1 aliphatic rings.